The van der Waals surface area contributed by atoms with Crippen molar-refractivity contribution >= 4 is 10.9 Å². The van der Waals surface area contributed by atoms with E-state index in [1.807, 2.05) is 0 Å². The predicted octanol–water partition coefficient (Wildman–Crippen LogP) is 6.91. The van der Waals surface area contributed by atoms with E-state index in [4.69, 9.17) is 0 Å². The number of H-pyrrole nitrogens is 1. The van der Waals surface area contributed by atoms with Crippen molar-refractivity contribution in [2.75, 3.05) is 0 Å². The number of nitrogens with one attached hydrogen (secondary N) is 1. The van der Waals surface area contributed by atoms with Crippen LogP contribution in [0.2, 0.25) is 0 Å². The monoisotopic (exact) mass is 305 g/mol. The van der Waals surface area contributed by atoms with Crippen molar-refractivity contribution in [3.8, 4) is 11.3 Å². The fourth-order valence-corrected chi connectivity index (χ4v) is 3.53. The van der Waals surface area contributed by atoms with Crippen molar-refractivity contribution < 1.29 is 0 Å². The van der Waals surface area contributed by atoms with E-state index < -0.39 is 0 Å². The van der Waals surface area contributed by atoms with Gasteiger partial charge in [0.05, 0.1) is 0 Å². The molecule has 0 aliphatic rings. The predicted molar refractivity (Wildman–Crippen MR) is 101 cm³/mol. The molecule has 1 aromatic heterocycles. The Kier molecular flexibility index (Phi) is 5.17. The molecule has 1 atom stereocenters. The number of unbranched alkanes of at least 4 members (excludes halogenated alkanes) is 3. The van der Waals surface area contributed by atoms with E-state index in [1.54, 1.807) is 0 Å². The number of benzene rings is 2. The first-order valence-corrected chi connectivity index (χ1v) is 8.97. The molecule has 3 rings (SSSR count). The number of aromatic nitrogens is 1. The molecule has 1 nitrogen and oxygen atoms in total. The third-order valence-corrected chi connectivity index (χ3v) is 4.79. The zero-order valence-electron chi connectivity index (χ0n) is 14.3. The van der Waals surface area contributed by atoms with Crippen LogP contribution in [0.5, 0.6) is 0 Å². The van der Waals surface area contributed by atoms with Crippen LogP contribution in [0.4, 0.5) is 0 Å². The standard InChI is InChI=1S/C22H27N/c1-3-4-5-7-12-17(2)21-19-15-10-11-16-20(19)23-22(21)18-13-8-6-9-14-18/h6,8-11,13-17,23H,3-5,7,12H2,1-2H3. The quantitative estimate of drug-likeness (QED) is 0.456. The van der Waals surface area contributed by atoms with Crippen LogP contribution >= 0.6 is 0 Å². The molecule has 2 aromatic carbocycles. The van der Waals surface area contributed by atoms with Crippen LogP contribution in [0.25, 0.3) is 22.2 Å². The molecule has 1 heterocycles. The molecule has 1 unspecified atom stereocenters. The summed E-state index contributed by atoms with van der Waals surface area (Å²) < 4.78 is 0. The van der Waals surface area contributed by atoms with Gasteiger partial charge in [0.15, 0.2) is 0 Å². The van der Waals surface area contributed by atoms with Gasteiger partial charge in [0.1, 0.15) is 0 Å². The largest absolute Gasteiger partial charge is 0.354 e. The van der Waals surface area contributed by atoms with E-state index >= 15 is 0 Å². The van der Waals surface area contributed by atoms with E-state index in [9.17, 15) is 0 Å². The van der Waals surface area contributed by atoms with Crippen LogP contribution < -0.4 is 0 Å². The molecular formula is C22H27N. The van der Waals surface area contributed by atoms with Crippen LogP contribution in [-0.2, 0) is 0 Å². The molecule has 0 bridgehead atoms. The third kappa shape index (κ3) is 3.50. The molecule has 0 spiro atoms. The Hall–Kier alpha value is -2.02. The van der Waals surface area contributed by atoms with E-state index in [0.717, 1.165) is 0 Å². The molecule has 23 heavy (non-hydrogen) atoms. The maximum atomic E-state index is 3.66. The van der Waals surface area contributed by atoms with E-state index in [0.29, 0.717) is 5.92 Å². The third-order valence-electron chi connectivity index (χ3n) is 4.79. The second-order valence-electron chi connectivity index (χ2n) is 6.58. The molecule has 1 heteroatoms. The highest BCUT2D eigenvalue weighted by Gasteiger charge is 2.18. The van der Waals surface area contributed by atoms with E-state index in [1.165, 1.54) is 59.8 Å². The molecule has 0 fully saturated rings. The van der Waals surface area contributed by atoms with Gasteiger partial charge in [-0.15, -0.1) is 0 Å². The zero-order chi connectivity index (χ0) is 16.1. The SMILES string of the molecule is CCCCCCC(C)c1c(-c2ccccc2)[nH]c2ccccc12. The molecule has 0 saturated heterocycles. The summed E-state index contributed by atoms with van der Waals surface area (Å²) in [5.41, 5.74) is 5.33. The topological polar surface area (TPSA) is 15.8 Å². The van der Waals surface area contributed by atoms with Gasteiger partial charge in [0.25, 0.3) is 0 Å². The normalized spacial score (nSPS) is 12.6. The van der Waals surface area contributed by atoms with Gasteiger partial charge < -0.3 is 4.98 Å². The lowest BCUT2D eigenvalue weighted by atomic mass is 9.90. The Morgan fingerprint density at radius 1 is 0.870 bits per heavy atom. The van der Waals surface area contributed by atoms with Crippen LogP contribution in [0, 0.1) is 0 Å². The second-order valence-corrected chi connectivity index (χ2v) is 6.58. The van der Waals surface area contributed by atoms with Gasteiger partial charge in [-0.05, 0) is 29.5 Å². The van der Waals surface area contributed by atoms with Gasteiger partial charge >= 0.3 is 0 Å². The summed E-state index contributed by atoms with van der Waals surface area (Å²) in [5, 5.41) is 1.38. The maximum Gasteiger partial charge on any atom is 0.0500 e. The van der Waals surface area contributed by atoms with Crippen LogP contribution in [0.3, 0.4) is 0 Å². The van der Waals surface area contributed by atoms with E-state index in [2.05, 4.69) is 73.4 Å². The van der Waals surface area contributed by atoms with Crippen molar-refractivity contribution in [2.24, 2.45) is 0 Å². The van der Waals surface area contributed by atoms with Gasteiger partial charge in [0.2, 0.25) is 0 Å². The Bertz CT molecular complexity index is 739. The van der Waals surface area contributed by atoms with Gasteiger partial charge in [-0.25, -0.2) is 0 Å². The molecule has 0 saturated carbocycles. The molecule has 0 radical (unpaired) electrons. The molecule has 0 aliphatic heterocycles. The summed E-state index contributed by atoms with van der Waals surface area (Å²) in [5.74, 6) is 0.582. The van der Waals surface area contributed by atoms with Gasteiger partial charge in [-0.3, -0.25) is 0 Å². The van der Waals surface area contributed by atoms with Crippen molar-refractivity contribution in [1.82, 2.24) is 4.98 Å². The summed E-state index contributed by atoms with van der Waals surface area (Å²) in [4.78, 5) is 3.66. The number of hydrogen-bond acceptors (Lipinski definition) is 0. The first kappa shape index (κ1) is 15.9. The van der Waals surface area contributed by atoms with Crippen LogP contribution in [0.1, 0.15) is 57.4 Å². The Labute approximate surface area is 139 Å². The molecular weight excluding hydrogens is 278 g/mol. The summed E-state index contributed by atoms with van der Waals surface area (Å²) in [6.45, 7) is 4.66. The Morgan fingerprint density at radius 2 is 1.61 bits per heavy atom. The summed E-state index contributed by atoms with van der Waals surface area (Å²) in [6.07, 6.45) is 6.59. The first-order chi connectivity index (χ1) is 11.3. The molecule has 3 aromatic rings. The smallest absolute Gasteiger partial charge is 0.0500 e. The molecule has 0 aliphatic carbocycles. The highest BCUT2D eigenvalue weighted by Crippen LogP contribution is 2.37. The Balaban J connectivity index is 1.96. The highest BCUT2D eigenvalue weighted by molar-refractivity contribution is 5.91. The van der Waals surface area contributed by atoms with Gasteiger partial charge in [-0.2, -0.15) is 0 Å². The lowest BCUT2D eigenvalue weighted by Crippen LogP contribution is -1.96. The summed E-state index contributed by atoms with van der Waals surface area (Å²) >= 11 is 0. The molecule has 120 valence electrons. The first-order valence-electron chi connectivity index (χ1n) is 8.97. The highest BCUT2D eigenvalue weighted by atomic mass is 14.7. The van der Waals surface area contributed by atoms with E-state index in [-0.39, 0.29) is 0 Å². The fourth-order valence-electron chi connectivity index (χ4n) is 3.53. The number of aromatic amines is 1. The van der Waals surface area contributed by atoms with Crippen molar-refractivity contribution in [3.63, 3.8) is 0 Å². The average Bonchev–Trinajstić information content (AvgIpc) is 2.99. The Morgan fingerprint density at radius 3 is 2.39 bits per heavy atom. The second kappa shape index (κ2) is 7.50. The summed E-state index contributed by atoms with van der Waals surface area (Å²) in [6, 6.07) is 19.5. The number of fused-ring (bicyclic) bond motifs is 1. The van der Waals surface area contributed by atoms with Crippen molar-refractivity contribution in [3.05, 3.63) is 60.2 Å². The zero-order valence-corrected chi connectivity index (χ0v) is 14.3. The lowest BCUT2D eigenvalue weighted by Gasteiger charge is -2.14. The van der Waals surface area contributed by atoms with Gasteiger partial charge in [-0.1, -0.05) is 88.1 Å². The average molecular weight is 305 g/mol. The number of hydrogen-bond donors (Lipinski definition) is 1. The van der Waals surface area contributed by atoms with Crippen molar-refractivity contribution in [2.45, 2.75) is 51.9 Å². The number of para-hydroxylation sites is 1. The molecule has 1 N–H and O–H groups in total. The maximum absolute atomic E-state index is 3.66. The molecule has 0 amide bonds. The number of rotatable bonds is 7. The van der Waals surface area contributed by atoms with Crippen LogP contribution in [0.15, 0.2) is 54.6 Å². The lowest BCUT2D eigenvalue weighted by molar-refractivity contribution is 0.582. The van der Waals surface area contributed by atoms with Crippen LogP contribution in [-0.4, -0.2) is 4.98 Å². The van der Waals surface area contributed by atoms with Gasteiger partial charge in [0, 0.05) is 16.6 Å². The minimum Gasteiger partial charge on any atom is -0.354 e. The minimum atomic E-state index is 0.582. The summed E-state index contributed by atoms with van der Waals surface area (Å²) in [7, 11) is 0. The fraction of sp³-hybridized carbons (Fsp3) is 0.364. The minimum absolute atomic E-state index is 0.582. The van der Waals surface area contributed by atoms with Crippen molar-refractivity contribution in [1.29, 1.82) is 0 Å².